The molecule has 1 nitrogen and oxygen atoms in total. The topological polar surface area (TPSA) is 9.23 Å². The lowest BCUT2D eigenvalue weighted by atomic mass is 10.6. The smallest absolute Gasteiger partial charge is 0.0556 e. The van der Waals surface area contributed by atoms with Gasteiger partial charge in [0.2, 0.25) is 0 Å². The summed E-state index contributed by atoms with van der Waals surface area (Å²) < 4.78 is 4.89. The molecule has 0 heterocycles. The number of hydrogen-bond acceptors (Lipinski definition) is 2. The Kier molecular flexibility index (Phi) is 6.21. The van der Waals surface area contributed by atoms with Gasteiger partial charge < -0.3 is 4.74 Å². The SMILES string of the molecule is CC=C(C)SCCOC. The summed E-state index contributed by atoms with van der Waals surface area (Å²) in [7, 11) is 1.73. The van der Waals surface area contributed by atoms with Gasteiger partial charge in [-0.2, -0.15) is 0 Å². The van der Waals surface area contributed by atoms with Crippen LogP contribution in [0.5, 0.6) is 0 Å². The van der Waals surface area contributed by atoms with Crippen LogP contribution in [0.1, 0.15) is 13.8 Å². The van der Waals surface area contributed by atoms with Gasteiger partial charge in [0.15, 0.2) is 0 Å². The molecule has 0 saturated heterocycles. The minimum Gasteiger partial charge on any atom is -0.384 e. The van der Waals surface area contributed by atoms with Crippen LogP contribution in [0.3, 0.4) is 0 Å². The fourth-order valence-electron chi connectivity index (χ4n) is 0.369. The molecular weight excluding hydrogens is 132 g/mol. The number of rotatable bonds is 4. The molecule has 0 aromatic heterocycles. The van der Waals surface area contributed by atoms with Crippen molar-refractivity contribution in [3.8, 4) is 0 Å². The molecule has 0 saturated carbocycles. The van der Waals surface area contributed by atoms with Gasteiger partial charge in [-0.1, -0.05) is 6.08 Å². The zero-order valence-electron chi connectivity index (χ0n) is 6.31. The van der Waals surface area contributed by atoms with E-state index in [2.05, 4.69) is 19.9 Å². The number of hydrogen-bond donors (Lipinski definition) is 0. The van der Waals surface area contributed by atoms with Crippen molar-refractivity contribution in [3.63, 3.8) is 0 Å². The zero-order chi connectivity index (χ0) is 7.11. The van der Waals surface area contributed by atoms with Crippen LogP contribution >= 0.6 is 11.8 Å². The molecule has 0 aliphatic rings. The van der Waals surface area contributed by atoms with Gasteiger partial charge in [0, 0.05) is 12.9 Å². The van der Waals surface area contributed by atoms with E-state index in [1.165, 1.54) is 4.91 Å². The van der Waals surface area contributed by atoms with Gasteiger partial charge in [-0.05, 0) is 18.8 Å². The molecule has 0 unspecified atom stereocenters. The van der Waals surface area contributed by atoms with Crippen molar-refractivity contribution < 1.29 is 4.74 Å². The third-order valence-electron chi connectivity index (χ3n) is 1.02. The van der Waals surface area contributed by atoms with Gasteiger partial charge in [-0.25, -0.2) is 0 Å². The van der Waals surface area contributed by atoms with Crippen molar-refractivity contribution in [1.29, 1.82) is 0 Å². The fraction of sp³-hybridized carbons (Fsp3) is 0.714. The predicted molar refractivity (Wildman–Crippen MR) is 43.8 cm³/mol. The van der Waals surface area contributed by atoms with Gasteiger partial charge in [-0.3, -0.25) is 0 Å². The molecule has 0 rings (SSSR count). The van der Waals surface area contributed by atoms with Crippen LogP contribution < -0.4 is 0 Å². The van der Waals surface area contributed by atoms with Crippen molar-refractivity contribution in [3.05, 3.63) is 11.0 Å². The van der Waals surface area contributed by atoms with E-state index in [1.807, 2.05) is 11.8 Å². The molecule has 0 N–H and O–H groups in total. The molecule has 0 atom stereocenters. The molecule has 0 bridgehead atoms. The van der Waals surface area contributed by atoms with Crippen molar-refractivity contribution >= 4 is 11.8 Å². The van der Waals surface area contributed by atoms with Crippen LogP contribution in [0.25, 0.3) is 0 Å². The maximum atomic E-state index is 4.89. The summed E-state index contributed by atoms with van der Waals surface area (Å²) >= 11 is 1.84. The van der Waals surface area contributed by atoms with E-state index in [4.69, 9.17) is 4.74 Å². The summed E-state index contributed by atoms with van der Waals surface area (Å²) in [4.78, 5) is 1.37. The summed E-state index contributed by atoms with van der Waals surface area (Å²) in [6.45, 7) is 5.01. The highest BCUT2D eigenvalue weighted by atomic mass is 32.2. The average molecular weight is 146 g/mol. The number of methoxy groups -OCH3 is 1. The molecule has 0 amide bonds. The Hall–Kier alpha value is 0.0500. The monoisotopic (exact) mass is 146 g/mol. The van der Waals surface area contributed by atoms with E-state index >= 15 is 0 Å². The Bertz CT molecular complexity index is 88.9. The second kappa shape index (κ2) is 6.17. The maximum Gasteiger partial charge on any atom is 0.0556 e. The van der Waals surface area contributed by atoms with E-state index in [9.17, 15) is 0 Å². The Morgan fingerprint density at radius 3 is 2.78 bits per heavy atom. The van der Waals surface area contributed by atoms with Crippen molar-refractivity contribution in [2.45, 2.75) is 13.8 Å². The molecule has 0 aromatic rings. The average Bonchev–Trinajstić information content (AvgIpc) is 1.89. The molecule has 54 valence electrons. The molecule has 0 spiro atoms. The zero-order valence-corrected chi connectivity index (χ0v) is 7.12. The number of allylic oxidation sites excluding steroid dienone is 2. The molecular formula is C7H14OS. The molecule has 0 radical (unpaired) electrons. The van der Waals surface area contributed by atoms with Crippen LogP contribution in [-0.2, 0) is 4.74 Å². The highest BCUT2D eigenvalue weighted by Crippen LogP contribution is 2.12. The van der Waals surface area contributed by atoms with Crippen LogP contribution in [0, 0.1) is 0 Å². The Morgan fingerprint density at radius 1 is 1.67 bits per heavy atom. The number of ether oxygens (including phenoxy) is 1. The number of thioether (sulfide) groups is 1. The van der Waals surface area contributed by atoms with Crippen molar-refractivity contribution in [1.82, 2.24) is 0 Å². The summed E-state index contributed by atoms with van der Waals surface area (Å²) in [5.41, 5.74) is 0. The minimum absolute atomic E-state index is 0.843. The predicted octanol–water partition coefficient (Wildman–Crippen LogP) is 2.29. The quantitative estimate of drug-likeness (QED) is 0.563. The first-order valence-corrected chi connectivity index (χ1v) is 4.04. The van der Waals surface area contributed by atoms with E-state index < -0.39 is 0 Å². The van der Waals surface area contributed by atoms with Crippen LogP contribution in [0.4, 0.5) is 0 Å². The largest absolute Gasteiger partial charge is 0.384 e. The Balaban J connectivity index is 3.07. The Morgan fingerprint density at radius 2 is 2.33 bits per heavy atom. The van der Waals surface area contributed by atoms with Crippen molar-refractivity contribution in [2.24, 2.45) is 0 Å². The summed E-state index contributed by atoms with van der Waals surface area (Å²) in [6, 6.07) is 0. The third-order valence-corrected chi connectivity index (χ3v) is 2.09. The lowest BCUT2D eigenvalue weighted by Crippen LogP contribution is -1.90. The summed E-state index contributed by atoms with van der Waals surface area (Å²) in [5, 5.41) is 0. The van der Waals surface area contributed by atoms with Gasteiger partial charge in [0.25, 0.3) is 0 Å². The molecule has 0 aliphatic heterocycles. The molecule has 0 aliphatic carbocycles. The molecule has 0 fully saturated rings. The van der Waals surface area contributed by atoms with Gasteiger partial charge in [0.1, 0.15) is 0 Å². The van der Waals surface area contributed by atoms with Crippen LogP contribution in [0.2, 0.25) is 0 Å². The first kappa shape index (κ1) is 9.05. The minimum atomic E-state index is 0.843. The summed E-state index contributed by atoms with van der Waals surface area (Å²) in [6.07, 6.45) is 2.11. The van der Waals surface area contributed by atoms with Gasteiger partial charge in [-0.15, -0.1) is 11.8 Å². The lowest BCUT2D eigenvalue weighted by molar-refractivity contribution is 0.219. The molecule has 9 heavy (non-hydrogen) atoms. The summed E-state index contributed by atoms with van der Waals surface area (Å²) in [5.74, 6) is 1.06. The fourth-order valence-corrected chi connectivity index (χ4v) is 1.11. The second-order valence-corrected chi connectivity index (χ2v) is 3.08. The van der Waals surface area contributed by atoms with E-state index in [0.29, 0.717) is 0 Å². The third kappa shape index (κ3) is 5.93. The first-order valence-electron chi connectivity index (χ1n) is 3.06. The van der Waals surface area contributed by atoms with Crippen LogP contribution in [0.15, 0.2) is 11.0 Å². The van der Waals surface area contributed by atoms with E-state index in [-0.39, 0.29) is 0 Å². The highest BCUT2D eigenvalue weighted by molar-refractivity contribution is 8.03. The van der Waals surface area contributed by atoms with E-state index in [0.717, 1.165) is 12.4 Å². The second-order valence-electron chi connectivity index (χ2n) is 1.74. The maximum absolute atomic E-state index is 4.89. The lowest BCUT2D eigenvalue weighted by Gasteiger charge is -1.97. The molecule has 2 heteroatoms. The van der Waals surface area contributed by atoms with Gasteiger partial charge in [0.05, 0.1) is 6.61 Å². The van der Waals surface area contributed by atoms with E-state index in [1.54, 1.807) is 7.11 Å². The highest BCUT2D eigenvalue weighted by Gasteiger charge is 1.86. The normalized spacial score (nSPS) is 12.1. The van der Waals surface area contributed by atoms with Crippen molar-refractivity contribution in [2.75, 3.05) is 19.5 Å². The first-order chi connectivity index (χ1) is 4.31. The Labute approximate surface area is 61.5 Å². The van der Waals surface area contributed by atoms with Gasteiger partial charge >= 0.3 is 0 Å². The molecule has 0 aromatic carbocycles. The standard InChI is InChI=1S/C7H14OS/c1-4-7(2)9-6-5-8-3/h4H,5-6H2,1-3H3. The van der Waals surface area contributed by atoms with Crippen LogP contribution in [-0.4, -0.2) is 19.5 Å².